The van der Waals surface area contributed by atoms with Crippen LogP contribution >= 0.6 is 0 Å². The summed E-state index contributed by atoms with van der Waals surface area (Å²) in [5.74, 6) is -4.18. The van der Waals surface area contributed by atoms with Crippen molar-refractivity contribution < 1.29 is 42.9 Å². The van der Waals surface area contributed by atoms with Crippen LogP contribution < -0.4 is 0 Å². The molecule has 0 spiro atoms. The van der Waals surface area contributed by atoms with Crippen LogP contribution in [0.1, 0.15) is 39.0 Å². The molecule has 3 rings (SSSR count). The Morgan fingerprint density at radius 3 is 1.78 bits per heavy atom. The van der Waals surface area contributed by atoms with Gasteiger partial charge in [-0.1, -0.05) is 19.1 Å². The van der Waals surface area contributed by atoms with Crippen molar-refractivity contribution in [2.75, 3.05) is 28.4 Å². The summed E-state index contributed by atoms with van der Waals surface area (Å²) < 4.78 is 19.6. The lowest BCUT2D eigenvalue weighted by molar-refractivity contribution is -0.184. The highest BCUT2D eigenvalue weighted by Gasteiger charge is 2.64. The van der Waals surface area contributed by atoms with Gasteiger partial charge in [0.2, 0.25) is 0 Å². The van der Waals surface area contributed by atoms with Gasteiger partial charge >= 0.3 is 23.9 Å². The van der Waals surface area contributed by atoms with Gasteiger partial charge in [0.25, 0.3) is 0 Å². The SMILES string of the molecule is COC(=O)C1(C(=O)OC)CC(=O)[C@@H]2[C@@H](C=C[C@H]3CC(C(=O)OC)(C(=O)OC)CC[C@]23C)C1. The molecule has 0 unspecified atom stereocenters. The van der Waals surface area contributed by atoms with Crippen molar-refractivity contribution in [1.82, 2.24) is 0 Å². The first-order valence-electron chi connectivity index (χ1n) is 10.6. The second kappa shape index (κ2) is 8.33. The first kappa shape index (κ1) is 23.9. The van der Waals surface area contributed by atoms with E-state index < -0.39 is 46.0 Å². The van der Waals surface area contributed by atoms with Crippen LogP contribution in [0.15, 0.2) is 12.2 Å². The van der Waals surface area contributed by atoms with Gasteiger partial charge in [-0.3, -0.25) is 24.0 Å². The van der Waals surface area contributed by atoms with E-state index in [4.69, 9.17) is 18.9 Å². The molecular formula is C23H30O9. The molecule has 176 valence electrons. The molecule has 32 heavy (non-hydrogen) atoms. The van der Waals surface area contributed by atoms with Gasteiger partial charge < -0.3 is 18.9 Å². The Hall–Kier alpha value is -2.71. The fraction of sp³-hybridized carbons (Fsp3) is 0.696. The second-order valence-electron chi connectivity index (χ2n) is 9.32. The molecule has 0 amide bonds. The molecule has 0 bridgehead atoms. The number of rotatable bonds is 4. The van der Waals surface area contributed by atoms with Gasteiger partial charge in [-0.2, -0.15) is 0 Å². The van der Waals surface area contributed by atoms with Crippen molar-refractivity contribution in [2.45, 2.75) is 39.0 Å². The molecule has 0 aromatic carbocycles. The summed E-state index contributed by atoms with van der Waals surface area (Å²) in [6.07, 6.45) is 4.25. The third kappa shape index (κ3) is 3.24. The van der Waals surface area contributed by atoms with Crippen molar-refractivity contribution in [3.05, 3.63) is 12.2 Å². The van der Waals surface area contributed by atoms with Crippen molar-refractivity contribution in [3.63, 3.8) is 0 Å². The lowest BCUT2D eigenvalue weighted by atomic mass is 9.46. The first-order chi connectivity index (χ1) is 15.1. The average Bonchev–Trinajstić information content (AvgIpc) is 2.80. The molecule has 0 heterocycles. The molecule has 0 aliphatic heterocycles. The summed E-state index contributed by atoms with van der Waals surface area (Å²) >= 11 is 0. The minimum atomic E-state index is -1.67. The molecule has 0 saturated heterocycles. The highest BCUT2D eigenvalue weighted by Crippen LogP contribution is 2.61. The van der Waals surface area contributed by atoms with Crippen LogP contribution in [0, 0.1) is 34.0 Å². The maximum atomic E-state index is 13.5. The molecule has 3 aliphatic carbocycles. The summed E-state index contributed by atoms with van der Waals surface area (Å²) in [4.78, 5) is 63.8. The lowest BCUT2D eigenvalue weighted by Gasteiger charge is -2.56. The molecule has 2 fully saturated rings. The van der Waals surface area contributed by atoms with E-state index in [1.165, 1.54) is 28.4 Å². The summed E-state index contributed by atoms with van der Waals surface area (Å²) in [5.41, 5.74) is -3.66. The number of fused-ring (bicyclic) bond motifs is 3. The van der Waals surface area contributed by atoms with Crippen LogP contribution in [0.2, 0.25) is 0 Å². The van der Waals surface area contributed by atoms with Crippen LogP contribution in [0.25, 0.3) is 0 Å². The third-order valence-electron chi connectivity index (χ3n) is 7.95. The van der Waals surface area contributed by atoms with Gasteiger partial charge in [-0.05, 0) is 42.9 Å². The molecule has 9 nitrogen and oxygen atoms in total. The number of ketones is 1. The molecular weight excluding hydrogens is 420 g/mol. The number of hydrogen-bond donors (Lipinski definition) is 0. The van der Waals surface area contributed by atoms with Crippen LogP contribution in [-0.4, -0.2) is 58.1 Å². The van der Waals surface area contributed by atoms with Gasteiger partial charge in [0.05, 0.1) is 28.4 Å². The van der Waals surface area contributed by atoms with Gasteiger partial charge in [0.1, 0.15) is 5.78 Å². The predicted molar refractivity (Wildman–Crippen MR) is 109 cm³/mol. The standard InChI is InChI=1S/C23H30O9/c1-21-8-9-22(17(25)29-2,18(26)30-3)11-14(21)7-6-13-10-23(19(27)31-4,20(28)32-5)12-15(24)16(13)21/h6-7,13-14,16H,8-12H2,1-5H3/t13-,14-,16-,21-/m0/s1. The molecule has 3 aliphatic rings. The van der Waals surface area contributed by atoms with Crippen molar-refractivity contribution in [3.8, 4) is 0 Å². The van der Waals surface area contributed by atoms with Gasteiger partial charge in [0.15, 0.2) is 10.8 Å². The molecule has 0 radical (unpaired) electrons. The van der Waals surface area contributed by atoms with Gasteiger partial charge in [-0.25, -0.2) is 0 Å². The maximum Gasteiger partial charge on any atom is 0.323 e. The monoisotopic (exact) mass is 450 g/mol. The van der Waals surface area contributed by atoms with Gasteiger partial charge in [0, 0.05) is 12.3 Å². The molecule has 0 aromatic heterocycles. The van der Waals surface area contributed by atoms with Crippen molar-refractivity contribution >= 4 is 29.7 Å². The lowest BCUT2D eigenvalue weighted by Crippen LogP contribution is -2.59. The van der Waals surface area contributed by atoms with E-state index >= 15 is 0 Å². The second-order valence-corrected chi connectivity index (χ2v) is 9.32. The summed E-state index contributed by atoms with van der Waals surface area (Å²) in [6, 6.07) is 0. The molecule has 0 aromatic rings. The Balaban J connectivity index is 2.00. The number of esters is 4. The van der Waals surface area contributed by atoms with E-state index in [2.05, 4.69) is 0 Å². The zero-order valence-electron chi connectivity index (χ0n) is 19.1. The molecule has 9 heteroatoms. The normalized spacial score (nSPS) is 32.0. The first-order valence-corrected chi connectivity index (χ1v) is 10.6. The molecule has 0 N–H and O–H groups in total. The Morgan fingerprint density at radius 1 is 0.781 bits per heavy atom. The maximum absolute atomic E-state index is 13.5. The van der Waals surface area contributed by atoms with E-state index in [1.807, 2.05) is 19.1 Å². The Labute approximate surface area is 186 Å². The smallest absolute Gasteiger partial charge is 0.323 e. The summed E-state index contributed by atoms with van der Waals surface area (Å²) in [5, 5.41) is 0. The zero-order valence-corrected chi connectivity index (χ0v) is 19.1. The van der Waals surface area contributed by atoms with Crippen molar-refractivity contribution in [1.29, 1.82) is 0 Å². The molecule has 4 atom stereocenters. The summed E-state index contributed by atoms with van der Waals surface area (Å²) in [6.45, 7) is 1.97. The van der Waals surface area contributed by atoms with E-state index in [0.29, 0.717) is 6.42 Å². The van der Waals surface area contributed by atoms with E-state index in [1.54, 1.807) is 0 Å². The fourth-order valence-electron chi connectivity index (χ4n) is 6.23. The highest BCUT2D eigenvalue weighted by atomic mass is 16.6. The van der Waals surface area contributed by atoms with Gasteiger partial charge in [-0.15, -0.1) is 0 Å². The number of carbonyl (C=O) groups is 5. The van der Waals surface area contributed by atoms with Crippen LogP contribution in [0.3, 0.4) is 0 Å². The van der Waals surface area contributed by atoms with Crippen LogP contribution in [0.5, 0.6) is 0 Å². The number of ether oxygens (including phenoxy) is 4. The van der Waals surface area contributed by atoms with Crippen molar-refractivity contribution in [2.24, 2.45) is 34.0 Å². The third-order valence-corrected chi connectivity index (χ3v) is 7.95. The Bertz CT molecular complexity index is 841. The number of Topliss-reactive ketones (excluding diaryl/α,β-unsaturated/α-hetero) is 1. The minimum absolute atomic E-state index is 0.0979. The minimum Gasteiger partial charge on any atom is -0.468 e. The zero-order chi connectivity index (χ0) is 23.9. The topological polar surface area (TPSA) is 122 Å². The molecule has 2 saturated carbocycles. The Kier molecular flexibility index (Phi) is 6.23. The predicted octanol–water partition coefficient (Wildman–Crippen LogP) is 1.62. The largest absolute Gasteiger partial charge is 0.468 e. The number of hydrogen-bond acceptors (Lipinski definition) is 9. The Morgan fingerprint density at radius 2 is 1.28 bits per heavy atom. The number of allylic oxidation sites excluding steroid dienone is 2. The number of carbonyl (C=O) groups excluding carboxylic acids is 5. The average molecular weight is 450 g/mol. The van der Waals surface area contributed by atoms with E-state index in [9.17, 15) is 24.0 Å². The fourth-order valence-corrected chi connectivity index (χ4v) is 6.23. The number of methoxy groups -OCH3 is 4. The van der Waals surface area contributed by atoms with Crippen LogP contribution in [0.4, 0.5) is 0 Å². The van der Waals surface area contributed by atoms with E-state index in [0.717, 1.165) is 0 Å². The van der Waals surface area contributed by atoms with E-state index in [-0.39, 0.29) is 43.3 Å². The highest BCUT2D eigenvalue weighted by molar-refractivity contribution is 6.05. The summed E-state index contributed by atoms with van der Waals surface area (Å²) in [7, 11) is 4.82. The quantitative estimate of drug-likeness (QED) is 0.272. The van der Waals surface area contributed by atoms with Crippen LogP contribution in [-0.2, 0) is 42.9 Å².